The van der Waals surface area contributed by atoms with Crippen LogP contribution in [0.1, 0.15) is 5.69 Å². The summed E-state index contributed by atoms with van der Waals surface area (Å²) >= 11 is 5.83. The summed E-state index contributed by atoms with van der Waals surface area (Å²) in [6.45, 7) is 0.823. The van der Waals surface area contributed by atoms with Gasteiger partial charge in [-0.15, -0.1) is 0 Å². The Bertz CT molecular complexity index is 511. The Hall–Kier alpha value is -1.39. The first-order valence-electron chi connectivity index (χ1n) is 5.00. The standard InChI is InChI=1S/C11H12ClN3O/c1-13-5-4-9-8-3-2-7(16)6-10(8)15-11(12)14-9/h2-3,6,13,16H,4-5H2,1H3. The predicted octanol–water partition coefficient (Wildman–Crippen LogP) is 1.75. The molecule has 1 heterocycles. The molecule has 0 aliphatic rings. The van der Waals surface area contributed by atoms with E-state index in [1.165, 1.54) is 0 Å². The Morgan fingerprint density at radius 3 is 2.94 bits per heavy atom. The lowest BCUT2D eigenvalue weighted by atomic mass is 10.1. The first kappa shape index (κ1) is 11.1. The van der Waals surface area contributed by atoms with Crippen molar-refractivity contribution in [3.63, 3.8) is 0 Å². The average Bonchev–Trinajstić information content (AvgIpc) is 2.25. The topological polar surface area (TPSA) is 58.0 Å². The second kappa shape index (κ2) is 4.63. The molecule has 0 saturated carbocycles. The maximum absolute atomic E-state index is 9.37. The molecule has 0 radical (unpaired) electrons. The SMILES string of the molecule is CNCCc1nc(Cl)nc2cc(O)ccc12. The number of aromatic hydroxyl groups is 1. The predicted molar refractivity (Wildman–Crippen MR) is 63.8 cm³/mol. The molecule has 0 atom stereocenters. The molecular weight excluding hydrogens is 226 g/mol. The minimum Gasteiger partial charge on any atom is -0.508 e. The Morgan fingerprint density at radius 2 is 2.19 bits per heavy atom. The van der Waals surface area contributed by atoms with E-state index in [4.69, 9.17) is 11.6 Å². The highest BCUT2D eigenvalue weighted by molar-refractivity contribution is 6.28. The van der Waals surface area contributed by atoms with Crippen LogP contribution in [0.3, 0.4) is 0 Å². The second-order valence-corrected chi connectivity index (χ2v) is 3.83. The number of hydrogen-bond donors (Lipinski definition) is 2. The van der Waals surface area contributed by atoms with Gasteiger partial charge in [0.2, 0.25) is 5.28 Å². The minimum absolute atomic E-state index is 0.182. The van der Waals surface area contributed by atoms with E-state index in [2.05, 4.69) is 15.3 Å². The first-order chi connectivity index (χ1) is 7.70. The lowest BCUT2D eigenvalue weighted by molar-refractivity contribution is 0.476. The molecule has 0 aliphatic heterocycles. The number of fused-ring (bicyclic) bond motifs is 1. The van der Waals surface area contributed by atoms with Gasteiger partial charge in [0, 0.05) is 24.4 Å². The van der Waals surface area contributed by atoms with E-state index >= 15 is 0 Å². The van der Waals surface area contributed by atoms with E-state index < -0.39 is 0 Å². The number of phenolic OH excluding ortho intramolecular Hbond substituents is 1. The average molecular weight is 238 g/mol. The van der Waals surface area contributed by atoms with Gasteiger partial charge in [0.05, 0.1) is 11.2 Å². The van der Waals surface area contributed by atoms with Crippen LogP contribution >= 0.6 is 11.6 Å². The molecule has 2 N–H and O–H groups in total. The van der Waals surface area contributed by atoms with Gasteiger partial charge in [0.1, 0.15) is 5.75 Å². The largest absolute Gasteiger partial charge is 0.508 e. The fourth-order valence-corrected chi connectivity index (χ4v) is 1.78. The van der Waals surface area contributed by atoms with Crippen LogP contribution in [0.15, 0.2) is 18.2 Å². The summed E-state index contributed by atoms with van der Waals surface area (Å²) in [6.07, 6.45) is 0.778. The van der Waals surface area contributed by atoms with E-state index in [1.54, 1.807) is 12.1 Å². The third-order valence-corrected chi connectivity index (χ3v) is 2.51. The number of aromatic nitrogens is 2. The quantitative estimate of drug-likeness (QED) is 0.799. The highest BCUT2D eigenvalue weighted by Crippen LogP contribution is 2.22. The van der Waals surface area contributed by atoms with Crippen LogP contribution < -0.4 is 5.32 Å². The summed E-state index contributed by atoms with van der Waals surface area (Å²) < 4.78 is 0. The molecule has 0 unspecified atom stereocenters. The summed E-state index contributed by atoms with van der Waals surface area (Å²) in [5.41, 5.74) is 1.57. The van der Waals surface area contributed by atoms with Gasteiger partial charge in [0.25, 0.3) is 0 Å². The molecule has 4 nitrogen and oxygen atoms in total. The van der Waals surface area contributed by atoms with Crippen LogP contribution in [0.25, 0.3) is 10.9 Å². The van der Waals surface area contributed by atoms with Crippen LogP contribution in [-0.4, -0.2) is 28.7 Å². The Balaban J connectivity index is 2.54. The van der Waals surface area contributed by atoms with Crippen LogP contribution in [-0.2, 0) is 6.42 Å². The lowest BCUT2D eigenvalue weighted by Crippen LogP contribution is -2.11. The smallest absolute Gasteiger partial charge is 0.223 e. The molecule has 2 aromatic rings. The van der Waals surface area contributed by atoms with Crippen molar-refractivity contribution in [2.45, 2.75) is 6.42 Å². The van der Waals surface area contributed by atoms with E-state index in [0.29, 0.717) is 5.52 Å². The van der Waals surface area contributed by atoms with Gasteiger partial charge in [-0.1, -0.05) is 0 Å². The summed E-state index contributed by atoms with van der Waals surface area (Å²) in [5.74, 6) is 0.182. The molecule has 0 fully saturated rings. The zero-order valence-corrected chi connectivity index (χ0v) is 9.62. The fourth-order valence-electron chi connectivity index (χ4n) is 1.59. The number of rotatable bonds is 3. The van der Waals surface area contributed by atoms with Crippen LogP contribution in [0.2, 0.25) is 5.28 Å². The molecule has 84 valence electrons. The third-order valence-electron chi connectivity index (χ3n) is 2.34. The monoisotopic (exact) mass is 237 g/mol. The molecule has 0 spiro atoms. The maximum atomic E-state index is 9.37. The Morgan fingerprint density at radius 1 is 1.38 bits per heavy atom. The third kappa shape index (κ3) is 2.23. The summed E-state index contributed by atoms with van der Waals surface area (Å²) in [5, 5.41) is 13.6. The molecule has 0 saturated heterocycles. The normalized spacial score (nSPS) is 10.9. The zero-order valence-electron chi connectivity index (χ0n) is 8.87. The molecule has 2 rings (SSSR count). The molecule has 16 heavy (non-hydrogen) atoms. The van der Waals surface area contributed by atoms with E-state index in [9.17, 15) is 5.11 Å². The minimum atomic E-state index is 0.182. The summed E-state index contributed by atoms with van der Waals surface area (Å²) in [4.78, 5) is 8.28. The molecular formula is C11H12ClN3O. The van der Waals surface area contributed by atoms with Crippen molar-refractivity contribution in [2.24, 2.45) is 0 Å². The summed E-state index contributed by atoms with van der Waals surface area (Å²) in [7, 11) is 1.89. The second-order valence-electron chi connectivity index (χ2n) is 3.49. The number of halogens is 1. The zero-order chi connectivity index (χ0) is 11.5. The van der Waals surface area contributed by atoms with E-state index in [0.717, 1.165) is 24.0 Å². The van der Waals surface area contributed by atoms with Gasteiger partial charge in [-0.3, -0.25) is 0 Å². The van der Waals surface area contributed by atoms with Gasteiger partial charge in [-0.25, -0.2) is 9.97 Å². The first-order valence-corrected chi connectivity index (χ1v) is 5.38. The van der Waals surface area contributed by atoms with Crippen LogP contribution in [0.4, 0.5) is 0 Å². The van der Waals surface area contributed by atoms with Gasteiger partial charge >= 0.3 is 0 Å². The molecule has 0 aliphatic carbocycles. The molecule has 1 aromatic heterocycles. The van der Waals surface area contributed by atoms with Gasteiger partial charge in [-0.05, 0) is 30.8 Å². The van der Waals surface area contributed by atoms with Crippen molar-refractivity contribution in [3.8, 4) is 5.75 Å². The highest BCUT2D eigenvalue weighted by atomic mass is 35.5. The molecule has 0 amide bonds. The number of benzene rings is 1. The lowest BCUT2D eigenvalue weighted by Gasteiger charge is -2.06. The van der Waals surface area contributed by atoms with Crippen molar-refractivity contribution in [3.05, 3.63) is 29.2 Å². The number of hydrogen-bond acceptors (Lipinski definition) is 4. The van der Waals surface area contributed by atoms with Crippen molar-refractivity contribution >= 4 is 22.5 Å². The number of nitrogens with one attached hydrogen (secondary N) is 1. The van der Waals surface area contributed by atoms with Crippen LogP contribution in [0, 0.1) is 0 Å². The van der Waals surface area contributed by atoms with E-state index in [-0.39, 0.29) is 11.0 Å². The molecule has 5 heteroatoms. The van der Waals surface area contributed by atoms with Crippen molar-refractivity contribution in [2.75, 3.05) is 13.6 Å². The Labute approximate surface area is 98.3 Å². The Kier molecular flexibility index (Phi) is 3.22. The van der Waals surface area contributed by atoms with Crippen LogP contribution in [0.5, 0.6) is 5.75 Å². The fraction of sp³-hybridized carbons (Fsp3) is 0.273. The van der Waals surface area contributed by atoms with Crippen molar-refractivity contribution < 1.29 is 5.11 Å². The number of nitrogens with zero attached hydrogens (tertiary/aromatic N) is 2. The van der Waals surface area contributed by atoms with E-state index in [1.807, 2.05) is 13.1 Å². The number of phenols is 1. The molecule has 0 bridgehead atoms. The highest BCUT2D eigenvalue weighted by Gasteiger charge is 2.06. The van der Waals surface area contributed by atoms with Gasteiger partial charge in [0.15, 0.2) is 0 Å². The molecule has 1 aromatic carbocycles. The van der Waals surface area contributed by atoms with Gasteiger partial charge < -0.3 is 10.4 Å². The van der Waals surface area contributed by atoms with Crippen molar-refractivity contribution in [1.29, 1.82) is 0 Å². The van der Waals surface area contributed by atoms with Gasteiger partial charge in [-0.2, -0.15) is 0 Å². The maximum Gasteiger partial charge on any atom is 0.223 e. The van der Waals surface area contributed by atoms with Crippen molar-refractivity contribution in [1.82, 2.24) is 15.3 Å². The number of likely N-dealkylation sites (N-methyl/N-ethyl adjacent to an activating group) is 1. The summed E-state index contributed by atoms with van der Waals surface area (Å²) in [6, 6.07) is 5.03.